The zero-order valence-corrected chi connectivity index (χ0v) is 22.1. The number of ether oxygens (including phenoxy) is 1. The number of nitrogens with one attached hydrogen (secondary N) is 2. The molecule has 3 aromatic rings. The summed E-state index contributed by atoms with van der Waals surface area (Å²) in [5, 5.41) is 5.87. The van der Waals surface area contributed by atoms with Crippen LogP contribution in [0.5, 0.6) is 0 Å². The Hall–Kier alpha value is -3.10. The van der Waals surface area contributed by atoms with Gasteiger partial charge in [-0.1, -0.05) is 49.2 Å². The molecule has 0 spiro atoms. The van der Waals surface area contributed by atoms with Crippen LogP contribution in [0, 0.1) is 0 Å². The molecule has 2 aromatic carbocycles. The molecule has 8 heteroatoms. The van der Waals surface area contributed by atoms with Crippen molar-refractivity contribution in [2.24, 2.45) is 0 Å². The van der Waals surface area contributed by atoms with E-state index in [-0.39, 0.29) is 11.8 Å². The standard InChI is InChI=1S/C28H30N2O4S2/c1-18(31)29-20-13-10-14-21(17-20)35-25(19-11-6-5-7-12-19)26(32)30-27-24(28(33)34-2)22-15-8-3-4-9-16-23(22)36-27/h5-7,10-14,17,25H,3-4,8-9,15-16H2,1-2H3,(H,29,31)(H,30,32). The van der Waals surface area contributed by atoms with Crippen molar-refractivity contribution in [3.8, 4) is 0 Å². The molecule has 0 fully saturated rings. The van der Waals surface area contributed by atoms with Crippen molar-refractivity contribution in [2.45, 2.75) is 55.6 Å². The summed E-state index contributed by atoms with van der Waals surface area (Å²) in [6, 6.07) is 17.0. The number of carbonyl (C=O) groups excluding carboxylic acids is 3. The van der Waals surface area contributed by atoms with E-state index in [1.54, 1.807) is 0 Å². The number of benzene rings is 2. The van der Waals surface area contributed by atoms with E-state index >= 15 is 0 Å². The van der Waals surface area contributed by atoms with Gasteiger partial charge in [0.15, 0.2) is 0 Å². The molecule has 36 heavy (non-hydrogen) atoms. The quantitative estimate of drug-likeness (QED) is 0.269. The highest BCUT2D eigenvalue weighted by molar-refractivity contribution is 8.00. The van der Waals surface area contributed by atoms with Crippen molar-refractivity contribution in [1.82, 2.24) is 0 Å². The van der Waals surface area contributed by atoms with Crippen LogP contribution in [-0.2, 0) is 27.2 Å². The number of carbonyl (C=O) groups is 3. The minimum absolute atomic E-state index is 0.155. The van der Waals surface area contributed by atoms with E-state index in [1.165, 1.54) is 43.6 Å². The average molecular weight is 523 g/mol. The normalized spacial score (nSPS) is 14.1. The molecule has 0 bridgehead atoms. The van der Waals surface area contributed by atoms with Gasteiger partial charge in [-0.15, -0.1) is 23.1 Å². The number of hydrogen-bond acceptors (Lipinski definition) is 6. The molecule has 6 nitrogen and oxygen atoms in total. The lowest BCUT2D eigenvalue weighted by Gasteiger charge is -2.18. The zero-order valence-electron chi connectivity index (χ0n) is 20.5. The van der Waals surface area contributed by atoms with Crippen molar-refractivity contribution in [2.75, 3.05) is 17.7 Å². The summed E-state index contributed by atoms with van der Waals surface area (Å²) in [5.74, 6) is -0.774. The summed E-state index contributed by atoms with van der Waals surface area (Å²) < 4.78 is 5.12. The second-order valence-corrected chi connectivity index (χ2v) is 11.0. The first kappa shape index (κ1) is 26.0. The third-order valence-electron chi connectivity index (χ3n) is 6.05. The van der Waals surface area contributed by atoms with Gasteiger partial charge < -0.3 is 15.4 Å². The summed E-state index contributed by atoms with van der Waals surface area (Å²) in [4.78, 5) is 40.0. The Morgan fingerprint density at radius 2 is 1.69 bits per heavy atom. The van der Waals surface area contributed by atoms with E-state index < -0.39 is 11.2 Å². The highest BCUT2D eigenvalue weighted by Gasteiger charge is 2.29. The topological polar surface area (TPSA) is 84.5 Å². The fourth-order valence-corrected chi connectivity index (χ4v) is 6.75. The number of fused-ring (bicyclic) bond motifs is 1. The van der Waals surface area contributed by atoms with Crippen molar-refractivity contribution in [3.05, 3.63) is 76.2 Å². The highest BCUT2D eigenvalue weighted by Crippen LogP contribution is 2.41. The zero-order chi connectivity index (χ0) is 25.5. The maximum absolute atomic E-state index is 13.7. The van der Waals surface area contributed by atoms with E-state index in [9.17, 15) is 14.4 Å². The van der Waals surface area contributed by atoms with Gasteiger partial charge >= 0.3 is 5.97 Å². The van der Waals surface area contributed by atoms with Crippen molar-refractivity contribution < 1.29 is 19.1 Å². The average Bonchev–Trinajstić information content (AvgIpc) is 3.18. The van der Waals surface area contributed by atoms with Gasteiger partial charge in [-0.3, -0.25) is 9.59 Å². The van der Waals surface area contributed by atoms with Gasteiger partial charge in [-0.2, -0.15) is 0 Å². The Kier molecular flexibility index (Phi) is 8.83. The second-order valence-electron chi connectivity index (χ2n) is 8.72. The fraction of sp³-hybridized carbons (Fsp3) is 0.321. The van der Waals surface area contributed by atoms with Gasteiger partial charge in [-0.05, 0) is 55.0 Å². The predicted molar refractivity (Wildman–Crippen MR) is 146 cm³/mol. The summed E-state index contributed by atoms with van der Waals surface area (Å²) in [6.07, 6.45) is 6.15. The Balaban J connectivity index is 1.66. The van der Waals surface area contributed by atoms with E-state index in [0.29, 0.717) is 16.3 Å². The van der Waals surface area contributed by atoms with Crippen LogP contribution in [0.4, 0.5) is 10.7 Å². The maximum Gasteiger partial charge on any atom is 0.341 e. The first-order valence-corrected chi connectivity index (χ1v) is 13.8. The third kappa shape index (κ3) is 6.36. The van der Waals surface area contributed by atoms with E-state index in [0.717, 1.165) is 53.0 Å². The molecule has 0 saturated carbocycles. The molecule has 188 valence electrons. The smallest absolute Gasteiger partial charge is 0.341 e. The van der Waals surface area contributed by atoms with Crippen molar-refractivity contribution in [1.29, 1.82) is 0 Å². The molecule has 2 amide bonds. The molecule has 0 saturated heterocycles. The van der Waals surface area contributed by atoms with Crippen LogP contribution in [0.3, 0.4) is 0 Å². The first-order valence-electron chi connectivity index (χ1n) is 12.1. The summed E-state index contributed by atoms with van der Waals surface area (Å²) in [7, 11) is 1.38. The number of esters is 1. The molecule has 0 aliphatic heterocycles. The van der Waals surface area contributed by atoms with E-state index in [1.807, 2.05) is 54.6 Å². The number of hydrogen-bond donors (Lipinski definition) is 2. The predicted octanol–water partition coefficient (Wildman–Crippen LogP) is 6.62. The molecule has 1 atom stereocenters. The first-order chi connectivity index (χ1) is 17.5. The minimum atomic E-state index is -0.561. The molecule has 2 N–H and O–H groups in total. The molecule has 4 rings (SSSR count). The van der Waals surface area contributed by atoms with Crippen LogP contribution in [0.25, 0.3) is 0 Å². The van der Waals surface area contributed by atoms with Crippen LogP contribution in [0.15, 0.2) is 59.5 Å². The number of aryl methyl sites for hydroxylation is 1. The van der Waals surface area contributed by atoms with Gasteiger partial charge in [0.2, 0.25) is 11.8 Å². The van der Waals surface area contributed by atoms with Gasteiger partial charge in [0.25, 0.3) is 0 Å². The molecular formula is C28H30N2O4S2. The van der Waals surface area contributed by atoms with Gasteiger partial charge in [0, 0.05) is 22.4 Å². The lowest BCUT2D eigenvalue weighted by atomic mass is 9.96. The molecule has 1 aliphatic carbocycles. The number of amides is 2. The monoisotopic (exact) mass is 522 g/mol. The number of thioether (sulfide) groups is 1. The largest absolute Gasteiger partial charge is 0.465 e. The Labute approximate surface area is 219 Å². The molecule has 0 radical (unpaired) electrons. The summed E-state index contributed by atoms with van der Waals surface area (Å²) >= 11 is 2.89. The molecule has 1 aliphatic rings. The van der Waals surface area contributed by atoms with E-state index in [2.05, 4.69) is 10.6 Å². The minimum Gasteiger partial charge on any atom is -0.465 e. The third-order valence-corrected chi connectivity index (χ3v) is 8.50. The second kappa shape index (κ2) is 12.2. The van der Waals surface area contributed by atoms with Crippen molar-refractivity contribution >= 4 is 51.6 Å². The van der Waals surface area contributed by atoms with Gasteiger partial charge in [0.1, 0.15) is 10.3 Å². The molecule has 1 aromatic heterocycles. The number of thiophene rings is 1. The fourth-order valence-electron chi connectivity index (χ4n) is 4.39. The van der Waals surface area contributed by atoms with Gasteiger partial charge in [0.05, 0.1) is 12.7 Å². The number of rotatable bonds is 7. The molecular weight excluding hydrogens is 492 g/mol. The molecule has 1 heterocycles. The lowest BCUT2D eigenvalue weighted by Crippen LogP contribution is -2.20. The molecule has 1 unspecified atom stereocenters. The highest BCUT2D eigenvalue weighted by atomic mass is 32.2. The van der Waals surface area contributed by atoms with Crippen LogP contribution in [0.2, 0.25) is 0 Å². The van der Waals surface area contributed by atoms with Crippen molar-refractivity contribution in [3.63, 3.8) is 0 Å². The van der Waals surface area contributed by atoms with Gasteiger partial charge in [-0.25, -0.2) is 4.79 Å². The maximum atomic E-state index is 13.7. The van der Waals surface area contributed by atoms with Crippen LogP contribution >= 0.6 is 23.1 Å². The Bertz CT molecular complexity index is 1240. The van der Waals surface area contributed by atoms with Crippen LogP contribution in [0.1, 0.15) is 64.2 Å². The Morgan fingerprint density at radius 3 is 2.42 bits per heavy atom. The number of methoxy groups -OCH3 is 1. The number of anilines is 2. The lowest BCUT2D eigenvalue weighted by molar-refractivity contribution is -0.116. The van der Waals surface area contributed by atoms with Crippen LogP contribution < -0.4 is 10.6 Å². The summed E-state index contributed by atoms with van der Waals surface area (Å²) in [5.41, 5.74) is 3.04. The Morgan fingerprint density at radius 1 is 0.944 bits per heavy atom. The van der Waals surface area contributed by atoms with Crippen LogP contribution in [-0.4, -0.2) is 24.9 Å². The summed E-state index contributed by atoms with van der Waals surface area (Å²) in [6.45, 7) is 1.46. The SMILES string of the molecule is COC(=O)c1c(NC(=O)C(Sc2cccc(NC(C)=O)c2)c2ccccc2)sc2c1CCCCCC2. The van der Waals surface area contributed by atoms with E-state index in [4.69, 9.17) is 4.74 Å².